The number of benzene rings is 2. The molecular weight excluding hydrogens is 459 g/mol. The summed E-state index contributed by atoms with van der Waals surface area (Å²) in [6.45, 7) is 2.71. The molecule has 2 rings (SSSR count). The molecule has 2 N–H and O–H groups in total. The quantitative estimate of drug-likeness (QED) is 0.274. The molecule has 0 unspecified atom stereocenters. The van der Waals surface area contributed by atoms with Gasteiger partial charge >= 0.3 is 5.97 Å². The molecule has 9 heteroatoms. The van der Waals surface area contributed by atoms with Gasteiger partial charge in [-0.1, -0.05) is 40.9 Å². The van der Waals surface area contributed by atoms with E-state index in [2.05, 4.69) is 10.6 Å². The molecule has 0 aliphatic carbocycles. The molecule has 0 fully saturated rings. The van der Waals surface area contributed by atoms with Gasteiger partial charge in [-0.15, -0.1) is 0 Å². The monoisotopic (exact) mass is 476 g/mol. The molecule has 4 nitrogen and oxygen atoms in total. The molecule has 28 heavy (non-hydrogen) atoms. The van der Waals surface area contributed by atoms with Gasteiger partial charge in [-0.25, -0.2) is 4.79 Å². The van der Waals surface area contributed by atoms with Crippen LogP contribution in [0.5, 0.6) is 0 Å². The maximum atomic E-state index is 11.8. The lowest BCUT2D eigenvalue weighted by molar-refractivity contribution is 0.0526. The van der Waals surface area contributed by atoms with E-state index in [1.54, 1.807) is 36.9 Å². The lowest BCUT2D eigenvalue weighted by Gasteiger charge is -2.12. The molecule has 0 aromatic heterocycles. The average Bonchev–Trinajstić information content (AvgIpc) is 2.63. The lowest BCUT2D eigenvalue weighted by atomic mass is 10.2. The minimum absolute atomic E-state index is 0.296. The number of hydrogen-bond acceptors (Lipinski definition) is 4. The zero-order chi connectivity index (χ0) is 20.5. The highest BCUT2D eigenvalue weighted by molar-refractivity contribution is 7.98. The first-order valence-electron chi connectivity index (χ1n) is 8.44. The van der Waals surface area contributed by atoms with E-state index in [1.807, 2.05) is 18.2 Å². The molecule has 2 aromatic rings. The normalized spacial score (nSPS) is 10.4. The Labute approximate surface area is 189 Å². The fourth-order valence-electron chi connectivity index (χ4n) is 2.22. The van der Waals surface area contributed by atoms with Crippen LogP contribution in [-0.2, 0) is 10.5 Å². The van der Waals surface area contributed by atoms with Crippen molar-refractivity contribution in [2.24, 2.45) is 0 Å². The number of thiocarbonyl (C=S) groups is 1. The average molecular weight is 478 g/mol. The zero-order valence-corrected chi connectivity index (χ0v) is 19.0. The van der Waals surface area contributed by atoms with Crippen molar-refractivity contribution in [2.75, 3.05) is 24.2 Å². The van der Waals surface area contributed by atoms with Crippen molar-refractivity contribution in [2.45, 2.75) is 12.7 Å². The summed E-state index contributed by atoms with van der Waals surface area (Å²) in [5, 5.41) is 8.28. The van der Waals surface area contributed by atoms with Crippen molar-refractivity contribution in [3.05, 3.63) is 62.6 Å². The Morgan fingerprint density at radius 2 is 1.86 bits per heavy atom. The molecule has 0 spiro atoms. The smallest absolute Gasteiger partial charge is 0.339 e. The van der Waals surface area contributed by atoms with Gasteiger partial charge in [0.05, 0.1) is 17.2 Å². The predicted octanol–water partition coefficient (Wildman–Crippen LogP) is 6.04. The molecule has 0 saturated carbocycles. The minimum Gasteiger partial charge on any atom is -0.462 e. The van der Waals surface area contributed by atoms with Crippen LogP contribution in [0, 0.1) is 0 Å². The van der Waals surface area contributed by atoms with Gasteiger partial charge in [0.25, 0.3) is 0 Å². The fourth-order valence-corrected chi connectivity index (χ4v) is 4.30. The summed E-state index contributed by atoms with van der Waals surface area (Å²) in [6, 6.07) is 10.5. The number of halogens is 3. The van der Waals surface area contributed by atoms with E-state index in [4.69, 9.17) is 51.8 Å². The molecule has 0 radical (unpaired) electrons. The first-order valence-corrected chi connectivity index (χ1v) is 11.1. The summed E-state index contributed by atoms with van der Waals surface area (Å²) >= 11 is 25.4. The predicted molar refractivity (Wildman–Crippen MR) is 124 cm³/mol. The Kier molecular flexibility index (Phi) is 9.68. The number of carbonyl (C=O) groups excluding carboxylic acids is 1. The van der Waals surface area contributed by atoms with E-state index < -0.39 is 5.97 Å². The molecule has 0 saturated heterocycles. The summed E-state index contributed by atoms with van der Waals surface area (Å²) in [5.41, 5.74) is 1.95. The Hall–Kier alpha value is -1.18. The highest BCUT2D eigenvalue weighted by Crippen LogP contribution is 2.28. The second-order valence-electron chi connectivity index (χ2n) is 5.55. The van der Waals surface area contributed by atoms with Crippen LogP contribution in [0.15, 0.2) is 36.4 Å². The van der Waals surface area contributed by atoms with Crippen molar-refractivity contribution >= 4 is 75.6 Å². The SMILES string of the molecule is CCOC(=O)c1ccc(NC(=S)NCCSCc2c(Cl)cccc2Cl)cc1Cl. The minimum atomic E-state index is -0.449. The van der Waals surface area contributed by atoms with Crippen LogP contribution in [0.3, 0.4) is 0 Å². The number of ether oxygens (including phenoxy) is 1. The third-order valence-electron chi connectivity index (χ3n) is 3.56. The molecule has 150 valence electrons. The Bertz CT molecular complexity index is 830. The topological polar surface area (TPSA) is 50.4 Å². The standard InChI is InChI=1S/C19H19Cl3N2O2S2/c1-2-26-18(25)13-7-6-12(10-17(13)22)24-19(27)23-8-9-28-11-14-15(20)4-3-5-16(14)21/h3-7,10H,2,8-9,11H2,1H3,(H2,23,24,27). The third kappa shape index (κ3) is 7.01. The van der Waals surface area contributed by atoms with Gasteiger partial charge in [0, 0.05) is 33.8 Å². The van der Waals surface area contributed by atoms with Crippen LogP contribution < -0.4 is 10.6 Å². The maximum absolute atomic E-state index is 11.8. The van der Waals surface area contributed by atoms with E-state index in [9.17, 15) is 4.79 Å². The number of thioether (sulfide) groups is 1. The summed E-state index contributed by atoms with van der Waals surface area (Å²) < 4.78 is 4.95. The number of hydrogen-bond donors (Lipinski definition) is 2. The van der Waals surface area contributed by atoms with Crippen LogP contribution in [0.2, 0.25) is 15.1 Å². The van der Waals surface area contributed by atoms with Gasteiger partial charge in [-0.2, -0.15) is 11.8 Å². The molecule has 0 aliphatic rings. The third-order valence-corrected chi connectivity index (χ3v) is 5.82. The fraction of sp³-hybridized carbons (Fsp3) is 0.263. The number of nitrogens with one attached hydrogen (secondary N) is 2. The molecule has 0 atom stereocenters. The van der Waals surface area contributed by atoms with E-state index >= 15 is 0 Å². The number of rotatable bonds is 8. The van der Waals surface area contributed by atoms with Crippen molar-refractivity contribution in [1.82, 2.24) is 5.32 Å². The largest absolute Gasteiger partial charge is 0.462 e. The number of esters is 1. The molecule has 0 bridgehead atoms. The Balaban J connectivity index is 1.75. The van der Waals surface area contributed by atoms with Crippen LogP contribution >= 0.6 is 58.8 Å². The summed E-state index contributed by atoms with van der Waals surface area (Å²) in [7, 11) is 0. The van der Waals surface area contributed by atoms with Gasteiger partial charge in [-0.05, 0) is 55.0 Å². The van der Waals surface area contributed by atoms with Crippen LogP contribution in [-0.4, -0.2) is 30.0 Å². The zero-order valence-electron chi connectivity index (χ0n) is 15.1. The van der Waals surface area contributed by atoms with Gasteiger partial charge in [0.15, 0.2) is 5.11 Å². The van der Waals surface area contributed by atoms with Crippen LogP contribution in [0.1, 0.15) is 22.8 Å². The van der Waals surface area contributed by atoms with Gasteiger partial charge < -0.3 is 15.4 Å². The second kappa shape index (κ2) is 11.7. The summed E-state index contributed by atoms with van der Waals surface area (Å²) in [4.78, 5) is 11.8. The summed E-state index contributed by atoms with van der Waals surface area (Å²) in [6.07, 6.45) is 0. The van der Waals surface area contributed by atoms with Gasteiger partial charge in [0.1, 0.15) is 0 Å². The van der Waals surface area contributed by atoms with Gasteiger partial charge in [0.2, 0.25) is 0 Å². The lowest BCUT2D eigenvalue weighted by Crippen LogP contribution is -2.30. The first-order chi connectivity index (χ1) is 13.4. The van der Waals surface area contributed by atoms with Crippen molar-refractivity contribution in [3.8, 4) is 0 Å². The molecule has 2 aromatic carbocycles. The van der Waals surface area contributed by atoms with E-state index in [1.165, 1.54) is 0 Å². The first kappa shape index (κ1) is 23.1. The number of anilines is 1. The maximum Gasteiger partial charge on any atom is 0.339 e. The molecule has 0 amide bonds. The molecule has 0 aliphatic heterocycles. The van der Waals surface area contributed by atoms with Crippen molar-refractivity contribution < 1.29 is 9.53 Å². The Morgan fingerprint density at radius 1 is 1.14 bits per heavy atom. The van der Waals surface area contributed by atoms with Crippen molar-refractivity contribution in [3.63, 3.8) is 0 Å². The Morgan fingerprint density at radius 3 is 2.50 bits per heavy atom. The second-order valence-corrected chi connectivity index (χ2v) is 8.28. The highest BCUT2D eigenvalue weighted by atomic mass is 35.5. The molecular formula is C19H19Cl3N2O2S2. The summed E-state index contributed by atoms with van der Waals surface area (Å²) in [5.74, 6) is 1.10. The van der Waals surface area contributed by atoms with Crippen LogP contribution in [0.25, 0.3) is 0 Å². The van der Waals surface area contributed by atoms with E-state index in [0.717, 1.165) is 17.1 Å². The highest BCUT2D eigenvalue weighted by Gasteiger charge is 2.12. The van der Waals surface area contributed by atoms with E-state index in [0.29, 0.717) is 44.6 Å². The van der Waals surface area contributed by atoms with Crippen molar-refractivity contribution in [1.29, 1.82) is 0 Å². The number of carbonyl (C=O) groups is 1. The van der Waals surface area contributed by atoms with Gasteiger partial charge in [-0.3, -0.25) is 0 Å². The molecule has 0 heterocycles. The van der Waals surface area contributed by atoms with E-state index in [-0.39, 0.29) is 0 Å². The van der Waals surface area contributed by atoms with Crippen LogP contribution in [0.4, 0.5) is 5.69 Å².